The maximum Gasteiger partial charge on any atom is 0.0790 e. The molecule has 116 valence electrons. The molecule has 0 aliphatic rings. The summed E-state index contributed by atoms with van der Waals surface area (Å²) in [5.74, 6) is 0. The summed E-state index contributed by atoms with van der Waals surface area (Å²) in [4.78, 5) is 0. The largest absolute Gasteiger partial charge is 0.388 e. The van der Waals surface area contributed by atoms with Crippen molar-refractivity contribution >= 4 is 0 Å². The number of hydrogen-bond donors (Lipinski definition) is 1. The van der Waals surface area contributed by atoms with Crippen molar-refractivity contribution < 1.29 is 5.11 Å². The summed E-state index contributed by atoms with van der Waals surface area (Å²) in [5, 5.41) is 10.2. The van der Waals surface area contributed by atoms with Gasteiger partial charge in [0.2, 0.25) is 0 Å². The fourth-order valence-corrected chi connectivity index (χ4v) is 2.32. The number of rotatable bonds is 8. The molecule has 1 aromatic rings. The Morgan fingerprint density at radius 2 is 1.76 bits per heavy atom. The van der Waals surface area contributed by atoms with Gasteiger partial charge in [-0.25, -0.2) is 0 Å². The fraction of sp³-hybridized carbons (Fsp3) is 0.500. The van der Waals surface area contributed by atoms with E-state index in [0.29, 0.717) is 0 Å². The van der Waals surface area contributed by atoms with Crippen LogP contribution in [0.1, 0.15) is 70.1 Å². The molecule has 1 nitrogen and oxygen atoms in total. The molecule has 1 aromatic carbocycles. The van der Waals surface area contributed by atoms with Crippen LogP contribution >= 0.6 is 0 Å². The molecule has 0 spiro atoms. The predicted octanol–water partition coefficient (Wildman–Crippen LogP) is 5.89. The average molecular weight is 286 g/mol. The molecule has 0 saturated heterocycles. The molecule has 0 amide bonds. The van der Waals surface area contributed by atoms with Gasteiger partial charge in [-0.1, -0.05) is 53.1 Å². The van der Waals surface area contributed by atoms with Gasteiger partial charge in [0.25, 0.3) is 0 Å². The molecule has 1 heteroatoms. The number of benzene rings is 1. The van der Waals surface area contributed by atoms with Crippen LogP contribution in [0.4, 0.5) is 0 Å². The quantitative estimate of drug-likeness (QED) is 0.591. The van der Waals surface area contributed by atoms with Crippen molar-refractivity contribution in [1.82, 2.24) is 0 Å². The molecule has 0 bridgehead atoms. The van der Waals surface area contributed by atoms with E-state index >= 15 is 0 Å². The van der Waals surface area contributed by atoms with Gasteiger partial charge in [0.1, 0.15) is 0 Å². The monoisotopic (exact) mass is 286 g/mol. The third kappa shape index (κ3) is 7.29. The van der Waals surface area contributed by atoms with E-state index in [-0.39, 0.29) is 6.10 Å². The molecule has 21 heavy (non-hydrogen) atoms. The van der Waals surface area contributed by atoms with E-state index in [1.807, 2.05) is 12.1 Å². The lowest BCUT2D eigenvalue weighted by atomic mass is 10.0. The highest BCUT2D eigenvalue weighted by atomic mass is 16.3. The third-order valence-electron chi connectivity index (χ3n) is 4.04. The maximum atomic E-state index is 10.2. The van der Waals surface area contributed by atoms with Crippen LogP contribution in [0.15, 0.2) is 47.6 Å². The Balaban J connectivity index is 2.29. The Morgan fingerprint density at radius 1 is 1.10 bits per heavy atom. The van der Waals surface area contributed by atoms with Gasteiger partial charge >= 0.3 is 0 Å². The van der Waals surface area contributed by atoms with Crippen LogP contribution in [0.2, 0.25) is 0 Å². The lowest BCUT2D eigenvalue weighted by Gasteiger charge is -2.11. The van der Waals surface area contributed by atoms with Gasteiger partial charge in [-0.3, -0.25) is 0 Å². The number of allylic oxidation sites excluding steroid dienone is 4. The zero-order valence-electron chi connectivity index (χ0n) is 14.0. The fourth-order valence-electron chi connectivity index (χ4n) is 2.32. The molecule has 0 saturated carbocycles. The molecular formula is C20H30O. The van der Waals surface area contributed by atoms with E-state index in [1.54, 1.807) is 0 Å². The number of aliphatic hydroxyl groups excluding tert-OH is 1. The van der Waals surface area contributed by atoms with Crippen molar-refractivity contribution in [2.75, 3.05) is 0 Å². The minimum atomic E-state index is -0.330. The SMILES string of the molecule is C/C=C(\C)CC/C=C(\C)CCCC(O)c1ccc(C)cc1. The molecule has 0 aromatic heterocycles. The molecule has 0 aliphatic heterocycles. The zero-order valence-corrected chi connectivity index (χ0v) is 14.0. The van der Waals surface area contributed by atoms with Gasteiger partial charge < -0.3 is 5.11 Å². The zero-order chi connectivity index (χ0) is 15.7. The van der Waals surface area contributed by atoms with Crippen LogP contribution in [0, 0.1) is 6.92 Å². The summed E-state index contributed by atoms with van der Waals surface area (Å²) in [5.41, 5.74) is 5.16. The van der Waals surface area contributed by atoms with Gasteiger partial charge in [0.15, 0.2) is 0 Å². The molecular weight excluding hydrogens is 256 g/mol. The maximum absolute atomic E-state index is 10.2. The summed E-state index contributed by atoms with van der Waals surface area (Å²) >= 11 is 0. The van der Waals surface area contributed by atoms with E-state index in [4.69, 9.17) is 0 Å². The number of aliphatic hydroxyl groups is 1. The highest BCUT2D eigenvalue weighted by molar-refractivity contribution is 5.23. The molecule has 1 atom stereocenters. The Hall–Kier alpha value is -1.34. The highest BCUT2D eigenvalue weighted by Gasteiger charge is 2.06. The first kappa shape index (κ1) is 17.7. The Morgan fingerprint density at radius 3 is 2.38 bits per heavy atom. The second-order valence-corrected chi connectivity index (χ2v) is 6.04. The minimum absolute atomic E-state index is 0.330. The molecule has 0 fully saturated rings. The summed E-state index contributed by atoms with van der Waals surface area (Å²) in [6.45, 7) is 8.54. The van der Waals surface area contributed by atoms with E-state index in [2.05, 4.69) is 52.0 Å². The molecule has 1 rings (SSSR count). The lowest BCUT2D eigenvalue weighted by Crippen LogP contribution is -1.97. The van der Waals surface area contributed by atoms with Gasteiger partial charge in [-0.15, -0.1) is 0 Å². The normalized spacial score (nSPS) is 14.3. The smallest absolute Gasteiger partial charge is 0.0790 e. The van der Waals surface area contributed by atoms with Crippen LogP contribution in [0.25, 0.3) is 0 Å². The average Bonchev–Trinajstić information content (AvgIpc) is 2.47. The van der Waals surface area contributed by atoms with E-state index < -0.39 is 0 Å². The van der Waals surface area contributed by atoms with Crippen molar-refractivity contribution in [1.29, 1.82) is 0 Å². The first-order valence-corrected chi connectivity index (χ1v) is 8.05. The highest BCUT2D eigenvalue weighted by Crippen LogP contribution is 2.21. The number of aryl methyl sites for hydroxylation is 1. The van der Waals surface area contributed by atoms with Crippen LogP contribution in [0.5, 0.6) is 0 Å². The van der Waals surface area contributed by atoms with Crippen LogP contribution < -0.4 is 0 Å². The van der Waals surface area contributed by atoms with Crippen LogP contribution in [0.3, 0.4) is 0 Å². The Labute approximate surface area is 130 Å². The van der Waals surface area contributed by atoms with Gasteiger partial charge in [0, 0.05) is 0 Å². The van der Waals surface area contributed by atoms with Crippen LogP contribution in [-0.4, -0.2) is 5.11 Å². The second kappa shape index (κ2) is 9.57. The summed E-state index contributed by atoms with van der Waals surface area (Å²) in [6, 6.07) is 8.19. The van der Waals surface area contributed by atoms with E-state index in [9.17, 15) is 5.11 Å². The second-order valence-electron chi connectivity index (χ2n) is 6.04. The Kier molecular flexibility index (Phi) is 8.07. The summed E-state index contributed by atoms with van der Waals surface area (Å²) < 4.78 is 0. The minimum Gasteiger partial charge on any atom is -0.388 e. The van der Waals surface area contributed by atoms with E-state index in [1.165, 1.54) is 16.7 Å². The van der Waals surface area contributed by atoms with Crippen molar-refractivity contribution in [2.24, 2.45) is 0 Å². The topological polar surface area (TPSA) is 20.2 Å². The molecule has 0 heterocycles. The Bertz CT molecular complexity index is 465. The van der Waals surface area contributed by atoms with Gasteiger partial charge in [0.05, 0.1) is 6.10 Å². The molecule has 0 radical (unpaired) electrons. The summed E-state index contributed by atoms with van der Waals surface area (Å²) in [7, 11) is 0. The van der Waals surface area contributed by atoms with E-state index in [0.717, 1.165) is 37.7 Å². The first-order chi connectivity index (χ1) is 10.0. The third-order valence-corrected chi connectivity index (χ3v) is 4.04. The lowest BCUT2D eigenvalue weighted by molar-refractivity contribution is 0.164. The van der Waals surface area contributed by atoms with Gasteiger partial charge in [-0.05, 0) is 65.4 Å². The van der Waals surface area contributed by atoms with Crippen molar-refractivity contribution in [2.45, 2.75) is 65.9 Å². The molecule has 1 N–H and O–H groups in total. The first-order valence-electron chi connectivity index (χ1n) is 8.05. The van der Waals surface area contributed by atoms with Crippen molar-refractivity contribution in [3.8, 4) is 0 Å². The standard InChI is InChI=1S/C20H30O/c1-5-16(2)8-6-9-17(3)10-7-11-20(21)19-14-12-18(4)13-15-19/h5,9,12-15,20-21H,6-8,10-11H2,1-4H3/b16-5+,17-9+. The summed E-state index contributed by atoms with van der Waals surface area (Å²) in [6.07, 6.45) is 9.43. The number of hydrogen-bond acceptors (Lipinski definition) is 1. The van der Waals surface area contributed by atoms with Gasteiger partial charge in [-0.2, -0.15) is 0 Å². The van der Waals surface area contributed by atoms with Crippen LogP contribution in [-0.2, 0) is 0 Å². The van der Waals surface area contributed by atoms with Crippen molar-refractivity contribution in [3.05, 3.63) is 58.7 Å². The molecule has 1 unspecified atom stereocenters. The van der Waals surface area contributed by atoms with Crippen molar-refractivity contribution in [3.63, 3.8) is 0 Å². The molecule has 0 aliphatic carbocycles. The predicted molar refractivity (Wildman–Crippen MR) is 92.4 cm³/mol.